The molecule has 2 heterocycles. The third-order valence-electron chi connectivity index (χ3n) is 3.50. The summed E-state index contributed by atoms with van der Waals surface area (Å²) in [4.78, 5) is 7.09. The van der Waals surface area contributed by atoms with Crippen LogP contribution in [-0.4, -0.2) is 34.7 Å². The van der Waals surface area contributed by atoms with Crippen LogP contribution in [0, 0.1) is 0 Å². The molecule has 100 valence electrons. The minimum absolute atomic E-state index is 0.0681. The van der Waals surface area contributed by atoms with Crippen molar-refractivity contribution in [3.05, 3.63) is 35.9 Å². The number of aliphatic hydroxyl groups is 1. The summed E-state index contributed by atoms with van der Waals surface area (Å²) in [5, 5.41) is 10.6. The van der Waals surface area contributed by atoms with Crippen LogP contribution in [0.4, 0.5) is 5.82 Å². The fourth-order valence-corrected chi connectivity index (χ4v) is 3.39. The Morgan fingerprint density at radius 1 is 1.21 bits per heavy atom. The number of pyridine rings is 1. The lowest BCUT2D eigenvalue weighted by Gasteiger charge is -2.22. The number of fused-ring (bicyclic) bond motifs is 1. The Bertz CT molecular complexity index is 565. The number of hydrogen-bond acceptors (Lipinski definition) is 4. The number of rotatable bonds is 2. The Hall–Kier alpha value is -1.26. The standard InChI is InChI=1S/C15H18N2OS/c18-11-12-10-15(17-6-3-8-19-9-7-17)16-14-5-2-1-4-13(12)14/h1-2,4-5,10,18H,3,6-9,11H2. The summed E-state index contributed by atoms with van der Waals surface area (Å²) < 4.78 is 0. The summed E-state index contributed by atoms with van der Waals surface area (Å²) in [7, 11) is 0. The molecule has 1 saturated heterocycles. The van der Waals surface area contributed by atoms with Gasteiger partial charge in [-0.15, -0.1) is 0 Å². The number of aromatic nitrogens is 1. The van der Waals surface area contributed by atoms with Gasteiger partial charge in [0, 0.05) is 24.2 Å². The molecule has 0 radical (unpaired) electrons. The second-order valence-corrected chi connectivity index (χ2v) is 5.99. The molecule has 19 heavy (non-hydrogen) atoms. The maximum absolute atomic E-state index is 9.56. The van der Waals surface area contributed by atoms with Gasteiger partial charge in [-0.2, -0.15) is 11.8 Å². The number of para-hydroxylation sites is 1. The van der Waals surface area contributed by atoms with Gasteiger partial charge in [-0.25, -0.2) is 4.98 Å². The normalized spacial score (nSPS) is 16.6. The van der Waals surface area contributed by atoms with E-state index in [0.717, 1.165) is 41.1 Å². The van der Waals surface area contributed by atoms with Gasteiger partial charge in [-0.05, 0) is 29.9 Å². The maximum atomic E-state index is 9.56. The smallest absolute Gasteiger partial charge is 0.129 e. The first-order valence-corrected chi connectivity index (χ1v) is 7.86. The number of aliphatic hydroxyl groups excluding tert-OH is 1. The van der Waals surface area contributed by atoms with Crippen molar-refractivity contribution >= 4 is 28.5 Å². The third kappa shape index (κ3) is 2.69. The summed E-state index contributed by atoms with van der Waals surface area (Å²) in [6.45, 7) is 2.17. The number of nitrogens with zero attached hydrogens (tertiary/aromatic N) is 2. The summed E-state index contributed by atoms with van der Waals surface area (Å²) in [6.07, 6.45) is 1.20. The van der Waals surface area contributed by atoms with E-state index in [1.807, 2.05) is 42.1 Å². The Morgan fingerprint density at radius 3 is 3.00 bits per heavy atom. The number of hydrogen-bond donors (Lipinski definition) is 1. The molecule has 1 aliphatic heterocycles. The molecule has 0 unspecified atom stereocenters. The molecule has 0 saturated carbocycles. The van der Waals surface area contributed by atoms with Gasteiger partial charge in [0.15, 0.2) is 0 Å². The number of benzene rings is 1. The molecular formula is C15H18N2OS. The van der Waals surface area contributed by atoms with Gasteiger partial charge in [-0.1, -0.05) is 18.2 Å². The molecule has 3 nitrogen and oxygen atoms in total. The second-order valence-electron chi connectivity index (χ2n) is 4.77. The van der Waals surface area contributed by atoms with Crippen LogP contribution in [0.2, 0.25) is 0 Å². The van der Waals surface area contributed by atoms with Crippen LogP contribution >= 0.6 is 11.8 Å². The third-order valence-corrected chi connectivity index (χ3v) is 4.55. The first-order valence-electron chi connectivity index (χ1n) is 6.71. The highest BCUT2D eigenvalue weighted by Crippen LogP contribution is 2.24. The van der Waals surface area contributed by atoms with Gasteiger partial charge in [-0.3, -0.25) is 0 Å². The topological polar surface area (TPSA) is 36.4 Å². The molecule has 0 aliphatic carbocycles. The van der Waals surface area contributed by atoms with Gasteiger partial charge in [0.2, 0.25) is 0 Å². The average molecular weight is 274 g/mol. The lowest BCUT2D eigenvalue weighted by atomic mass is 10.1. The summed E-state index contributed by atoms with van der Waals surface area (Å²) in [6, 6.07) is 10.1. The van der Waals surface area contributed by atoms with Gasteiger partial charge >= 0.3 is 0 Å². The van der Waals surface area contributed by atoms with Crippen molar-refractivity contribution < 1.29 is 5.11 Å². The molecule has 1 aliphatic rings. The van der Waals surface area contributed by atoms with Crippen molar-refractivity contribution in [2.75, 3.05) is 29.5 Å². The summed E-state index contributed by atoms with van der Waals surface area (Å²) in [5.74, 6) is 3.39. The number of thioether (sulfide) groups is 1. The molecule has 0 spiro atoms. The van der Waals surface area contributed by atoms with E-state index in [0.29, 0.717) is 0 Å². The van der Waals surface area contributed by atoms with Gasteiger partial charge in [0.05, 0.1) is 12.1 Å². The van der Waals surface area contributed by atoms with Gasteiger partial charge in [0.25, 0.3) is 0 Å². The molecule has 3 rings (SSSR count). The zero-order valence-corrected chi connectivity index (χ0v) is 11.7. The van der Waals surface area contributed by atoms with Crippen molar-refractivity contribution in [1.29, 1.82) is 0 Å². The molecule has 1 aromatic carbocycles. The predicted molar refractivity (Wildman–Crippen MR) is 81.8 cm³/mol. The van der Waals surface area contributed by atoms with Crippen molar-refractivity contribution in [2.45, 2.75) is 13.0 Å². The molecule has 1 N–H and O–H groups in total. The molecule has 4 heteroatoms. The molecule has 0 bridgehead atoms. The fourth-order valence-electron chi connectivity index (χ4n) is 2.50. The molecule has 1 fully saturated rings. The fraction of sp³-hybridized carbons (Fsp3) is 0.400. The van der Waals surface area contributed by atoms with E-state index in [9.17, 15) is 5.11 Å². The molecule has 0 atom stereocenters. The highest BCUT2D eigenvalue weighted by molar-refractivity contribution is 7.99. The Morgan fingerprint density at radius 2 is 2.11 bits per heavy atom. The largest absolute Gasteiger partial charge is 0.392 e. The molecular weight excluding hydrogens is 256 g/mol. The van der Waals surface area contributed by atoms with Crippen LogP contribution in [0.15, 0.2) is 30.3 Å². The van der Waals surface area contributed by atoms with Crippen molar-refractivity contribution in [3.63, 3.8) is 0 Å². The lowest BCUT2D eigenvalue weighted by Crippen LogP contribution is -2.26. The summed E-state index contributed by atoms with van der Waals surface area (Å²) >= 11 is 2.01. The highest BCUT2D eigenvalue weighted by Gasteiger charge is 2.13. The zero-order valence-electron chi connectivity index (χ0n) is 10.9. The van der Waals surface area contributed by atoms with E-state index in [4.69, 9.17) is 4.98 Å². The minimum atomic E-state index is 0.0681. The molecule has 1 aromatic heterocycles. The average Bonchev–Trinajstić information content (AvgIpc) is 2.75. The SMILES string of the molecule is OCc1cc(N2CCCSCC2)nc2ccccc12. The Balaban J connectivity index is 2.03. The van der Waals surface area contributed by atoms with Crippen LogP contribution in [-0.2, 0) is 6.61 Å². The van der Waals surface area contributed by atoms with Crippen LogP contribution in [0.1, 0.15) is 12.0 Å². The van der Waals surface area contributed by atoms with Gasteiger partial charge in [0.1, 0.15) is 5.82 Å². The number of anilines is 1. The quantitative estimate of drug-likeness (QED) is 0.913. The first-order chi connectivity index (χ1) is 9.38. The van der Waals surface area contributed by atoms with Gasteiger partial charge < -0.3 is 10.0 Å². The summed E-state index contributed by atoms with van der Waals surface area (Å²) in [5.41, 5.74) is 1.94. The molecule has 0 amide bonds. The van der Waals surface area contributed by atoms with Crippen molar-refractivity contribution in [2.24, 2.45) is 0 Å². The zero-order chi connectivity index (χ0) is 13.1. The lowest BCUT2D eigenvalue weighted by molar-refractivity contribution is 0.283. The Labute approximate surface area is 117 Å². The minimum Gasteiger partial charge on any atom is -0.392 e. The van der Waals surface area contributed by atoms with Crippen LogP contribution < -0.4 is 4.90 Å². The van der Waals surface area contributed by atoms with E-state index in [1.165, 1.54) is 12.2 Å². The highest BCUT2D eigenvalue weighted by atomic mass is 32.2. The van der Waals surface area contributed by atoms with Crippen molar-refractivity contribution in [1.82, 2.24) is 4.98 Å². The van der Waals surface area contributed by atoms with E-state index < -0.39 is 0 Å². The first kappa shape index (κ1) is 12.8. The van der Waals surface area contributed by atoms with Crippen LogP contribution in [0.25, 0.3) is 10.9 Å². The van der Waals surface area contributed by atoms with Crippen LogP contribution in [0.3, 0.4) is 0 Å². The van der Waals surface area contributed by atoms with Crippen LogP contribution in [0.5, 0.6) is 0 Å². The van der Waals surface area contributed by atoms with E-state index >= 15 is 0 Å². The van der Waals surface area contributed by atoms with E-state index in [1.54, 1.807) is 0 Å². The van der Waals surface area contributed by atoms with Crippen molar-refractivity contribution in [3.8, 4) is 0 Å². The molecule has 2 aromatic rings. The second kappa shape index (κ2) is 5.80. The van der Waals surface area contributed by atoms with E-state index in [-0.39, 0.29) is 6.61 Å². The monoisotopic (exact) mass is 274 g/mol. The maximum Gasteiger partial charge on any atom is 0.129 e. The predicted octanol–water partition coefficient (Wildman–Crippen LogP) is 2.67. The van der Waals surface area contributed by atoms with E-state index in [2.05, 4.69) is 4.90 Å². The Kier molecular flexibility index (Phi) is 3.89.